The van der Waals surface area contributed by atoms with Crippen molar-refractivity contribution in [1.82, 2.24) is 0 Å². The molecule has 3 aromatic carbocycles. The van der Waals surface area contributed by atoms with Crippen LogP contribution in [0.3, 0.4) is 0 Å². The molecule has 2 nitrogen and oxygen atoms in total. The fraction of sp³-hybridized carbons (Fsp3) is 0.208. The molecule has 0 heterocycles. The van der Waals surface area contributed by atoms with E-state index < -0.39 is 16.0 Å². The zero-order valence-electron chi connectivity index (χ0n) is 17.0. The smallest absolute Gasteiger partial charge is 0.337 e. The zero-order valence-corrected chi connectivity index (χ0v) is 18.9. The first kappa shape index (κ1) is 20.5. The number of hydrogen-bond donors (Lipinski definition) is 0. The molecule has 0 atom stereocenters. The number of esters is 1. The third-order valence-electron chi connectivity index (χ3n) is 4.59. The lowest BCUT2D eigenvalue weighted by atomic mass is 10.2. The summed E-state index contributed by atoms with van der Waals surface area (Å²) in [4.78, 5) is 12.5. The summed E-state index contributed by atoms with van der Waals surface area (Å²) < 4.78 is 5.32. The fourth-order valence-electron chi connectivity index (χ4n) is 3.28. The molecule has 0 aliphatic heterocycles. The minimum absolute atomic E-state index is 0.213. The Bertz CT molecular complexity index is 894. The number of benzene rings is 3. The summed E-state index contributed by atoms with van der Waals surface area (Å²) in [5.41, 5.74) is 0.723. The Hall–Kier alpha value is -2.22. The van der Waals surface area contributed by atoms with Gasteiger partial charge in [0.05, 0.1) is 20.2 Å². The van der Waals surface area contributed by atoms with E-state index in [2.05, 4.69) is 92.4 Å². The second-order valence-corrected chi connectivity index (χ2v) is 15.0. The maximum Gasteiger partial charge on any atom is 0.337 e. The van der Waals surface area contributed by atoms with Crippen molar-refractivity contribution in [1.29, 1.82) is 0 Å². The highest BCUT2D eigenvalue weighted by Crippen LogP contribution is 2.32. The van der Waals surface area contributed by atoms with E-state index in [4.69, 9.17) is 4.74 Å². The van der Waals surface area contributed by atoms with E-state index in [0.717, 1.165) is 5.56 Å². The lowest BCUT2D eigenvalue weighted by molar-refractivity contribution is 0.0528. The van der Waals surface area contributed by atoms with Gasteiger partial charge in [-0.05, 0) is 42.0 Å². The van der Waals surface area contributed by atoms with Crippen LogP contribution in [-0.4, -0.2) is 20.7 Å². The predicted molar refractivity (Wildman–Crippen MR) is 124 cm³/mol. The number of rotatable bonds is 6. The third kappa shape index (κ3) is 4.60. The Morgan fingerprint density at radius 1 is 0.821 bits per heavy atom. The van der Waals surface area contributed by atoms with Crippen LogP contribution in [0, 0.1) is 0 Å². The topological polar surface area (TPSA) is 26.3 Å². The summed E-state index contributed by atoms with van der Waals surface area (Å²) >= 11 is 0. The maximum atomic E-state index is 12.5. The Labute approximate surface area is 170 Å². The highest BCUT2D eigenvalue weighted by Gasteiger charge is 2.26. The van der Waals surface area contributed by atoms with Crippen LogP contribution in [0.2, 0.25) is 19.6 Å². The molecule has 0 bridgehead atoms. The van der Waals surface area contributed by atoms with Crippen molar-refractivity contribution >= 4 is 43.1 Å². The van der Waals surface area contributed by atoms with Crippen LogP contribution >= 0.6 is 7.92 Å². The highest BCUT2D eigenvalue weighted by atomic mass is 31.1. The van der Waals surface area contributed by atoms with Crippen LogP contribution in [0.25, 0.3) is 0 Å². The summed E-state index contributed by atoms with van der Waals surface area (Å²) in [7, 11) is -2.42. The quantitative estimate of drug-likeness (QED) is 0.349. The average Bonchev–Trinajstić information content (AvgIpc) is 2.69. The summed E-state index contributed by atoms with van der Waals surface area (Å²) in [5.74, 6) is -0.213. The SMILES string of the molecule is CCOC(=O)c1ccc(P(c2ccccc2)c2ccccc2)cc1[Si](C)(C)C. The normalized spacial score (nSPS) is 11.5. The van der Waals surface area contributed by atoms with Crippen molar-refractivity contribution in [3.63, 3.8) is 0 Å². The van der Waals surface area contributed by atoms with Gasteiger partial charge in [0.1, 0.15) is 0 Å². The molecule has 144 valence electrons. The van der Waals surface area contributed by atoms with Gasteiger partial charge in [-0.1, -0.05) is 92.4 Å². The molecule has 0 unspecified atom stereocenters. The maximum absolute atomic E-state index is 12.5. The summed E-state index contributed by atoms with van der Waals surface area (Å²) in [6.07, 6.45) is 0. The van der Waals surface area contributed by atoms with Crippen LogP contribution in [0.5, 0.6) is 0 Å². The lowest BCUT2D eigenvalue weighted by Gasteiger charge is -2.25. The molecule has 28 heavy (non-hydrogen) atoms. The largest absolute Gasteiger partial charge is 0.462 e. The lowest BCUT2D eigenvalue weighted by Crippen LogP contribution is -2.43. The molecule has 4 heteroatoms. The molecule has 0 fully saturated rings. The van der Waals surface area contributed by atoms with Gasteiger partial charge in [0.15, 0.2) is 0 Å². The van der Waals surface area contributed by atoms with Gasteiger partial charge >= 0.3 is 5.97 Å². The molecule has 0 aliphatic carbocycles. The van der Waals surface area contributed by atoms with Crippen molar-refractivity contribution in [2.45, 2.75) is 26.6 Å². The van der Waals surface area contributed by atoms with Crippen molar-refractivity contribution in [2.75, 3.05) is 6.61 Å². The van der Waals surface area contributed by atoms with Crippen molar-refractivity contribution in [3.8, 4) is 0 Å². The van der Waals surface area contributed by atoms with E-state index in [9.17, 15) is 4.79 Å². The van der Waals surface area contributed by atoms with E-state index in [1.165, 1.54) is 21.1 Å². The van der Waals surface area contributed by atoms with E-state index in [1.807, 2.05) is 13.0 Å². The molecule has 0 spiro atoms. The first-order valence-electron chi connectivity index (χ1n) is 9.63. The zero-order chi connectivity index (χ0) is 20.1. The molecule has 0 saturated carbocycles. The number of carbonyl (C=O) groups excluding carboxylic acids is 1. The van der Waals surface area contributed by atoms with E-state index in [0.29, 0.717) is 6.61 Å². The Kier molecular flexibility index (Phi) is 6.48. The van der Waals surface area contributed by atoms with Gasteiger partial charge in [0.2, 0.25) is 0 Å². The van der Waals surface area contributed by atoms with Gasteiger partial charge < -0.3 is 4.74 Å². The second kappa shape index (κ2) is 8.85. The molecule has 0 aliphatic rings. The van der Waals surface area contributed by atoms with Crippen molar-refractivity contribution in [2.24, 2.45) is 0 Å². The average molecular weight is 407 g/mol. The van der Waals surface area contributed by atoms with Gasteiger partial charge in [-0.15, -0.1) is 0 Å². The van der Waals surface area contributed by atoms with Crippen LogP contribution in [-0.2, 0) is 4.74 Å². The van der Waals surface area contributed by atoms with Gasteiger partial charge in [-0.25, -0.2) is 4.79 Å². The Morgan fingerprint density at radius 3 is 1.82 bits per heavy atom. The molecular weight excluding hydrogens is 379 g/mol. The second-order valence-electron chi connectivity index (χ2n) is 7.71. The van der Waals surface area contributed by atoms with Gasteiger partial charge in [-0.3, -0.25) is 0 Å². The first-order valence-corrected chi connectivity index (χ1v) is 14.5. The molecule has 0 saturated heterocycles. The molecule has 0 N–H and O–H groups in total. The van der Waals surface area contributed by atoms with E-state index in [1.54, 1.807) is 0 Å². The van der Waals surface area contributed by atoms with Crippen molar-refractivity contribution in [3.05, 3.63) is 84.4 Å². The molecule has 3 aromatic rings. The fourth-order valence-corrected chi connectivity index (χ4v) is 7.30. The summed E-state index contributed by atoms with van der Waals surface area (Å²) in [6, 6.07) is 27.7. The van der Waals surface area contributed by atoms with E-state index >= 15 is 0 Å². The van der Waals surface area contributed by atoms with Crippen molar-refractivity contribution < 1.29 is 9.53 Å². The standard InChI is InChI=1S/C24H27O2PSi/c1-5-26-24(25)22-17-16-21(18-23(22)28(2,3)4)27(19-12-8-6-9-13-19)20-14-10-7-11-15-20/h6-18H,5H2,1-4H3. The minimum Gasteiger partial charge on any atom is -0.462 e. The van der Waals surface area contributed by atoms with Gasteiger partial charge in [0, 0.05) is 0 Å². The third-order valence-corrected chi connectivity index (χ3v) is 9.05. The molecule has 0 amide bonds. The summed E-state index contributed by atoms with van der Waals surface area (Å²) in [5, 5.41) is 5.07. The number of hydrogen-bond acceptors (Lipinski definition) is 2. The van der Waals surface area contributed by atoms with Gasteiger partial charge in [-0.2, -0.15) is 0 Å². The van der Waals surface area contributed by atoms with Crippen LogP contribution in [0.4, 0.5) is 0 Å². The number of carbonyl (C=O) groups is 1. The highest BCUT2D eigenvalue weighted by molar-refractivity contribution is 7.79. The van der Waals surface area contributed by atoms with Crippen LogP contribution in [0.15, 0.2) is 78.9 Å². The Balaban J connectivity index is 2.17. The van der Waals surface area contributed by atoms with Crippen LogP contribution in [0.1, 0.15) is 17.3 Å². The van der Waals surface area contributed by atoms with Gasteiger partial charge in [0.25, 0.3) is 0 Å². The molecule has 3 rings (SSSR count). The Morgan fingerprint density at radius 2 is 1.36 bits per heavy atom. The monoisotopic (exact) mass is 406 g/mol. The first-order chi connectivity index (χ1) is 13.4. The van der Waals surface area contributed by atoms with E-state index in [-0.39, 0.29) is 5.97 Å². The summed E-state index contributed by atoms with van der Waals surface area (Å²) in [6.45, 7) is 9.09. The number of ether oxygens (including phenoxy) is 1. The molecular formula is C24H27O2PSi. The molecule has 0 radical (unpaired) electrons. The minimum atomic E-state index is -1.74. The molecule has 0 aromatic heterocycles. The van der Waals surface area contributed by atoms with Crippen LogP contribution < -0.4 is 21.1 Å². The predicted octanol–water partition coefficient (Wildman–Crippen LogP) is 4.17.